The number of non-ortho nitro benzene ring substituents is 1. The van der Waals surface area contributed by atoms with Crippen molar-refractivity contribution in [2.24, 2.45) is 0 Å². The number of carbonyl (C=O) groups is 1. The van der Waals surface area contributed by atoms with Gasteiger partial charge in [-0.3, -0.25) is 0 Å². The van der Waals surface area contributed by atoms with Gasteiger partial charge >= 0.3 is 155 Å². The molecule has 1 aliphatic rings. The molecule has 6 nitrogen and oxygen atoms in total. The molecule has 0 N–H and O–H groups in total. The summed E-state index contributed by atoms with van der Waals surface area (Å²) >= 11 is 2.45. The van der Waals surface area contributed by atoms with Crippen molar-refractivity contribution in [1.82, 2.24) is 0 Å². The molecule has 25 heavy (non-hydrogen) atoms. The molecular weight excluding hydrogens is 409 g/mol. The molecule has 2 aromatic carbocycles. The van der Waals surface area contributed by atoms with Crippen molar-refractivity contribution in [3.8, 4) is 5.75 Å². The monoisotopic (exact) mass is 426 g/mol. The van der Waals surface area contributed by atoms with Crippen LogP contribution in [0.1, 0.15) is 29.3 Å². The van der Waals surface area contributed by atoms with Gasteiger partial charge < -0.3 is 0 Å². The second kappa shape index (κ2) is 7.23. The molecule has 0 radical (unpaired) electrons. The van der Waals surface area contributed by atoms with Gasteiger partial charge in [-0.05, 0) is 0 Å². The zero-order valence-corrected chi connectivity index (χ0v) is 15.2. The average Bonchev–Trinajstić information content (AvgIpc) is 2.66. The number of anilines is 1. The average molecular weight is 425 g/mol. The third-order valence-electron chi connectivity index (χ3n) is 4.12. The Morgan fingerprint density at radius 2 is 2.08 bits per heavy atom. The minimum atomic E-state index is -0.479. The van der Waals surface area contributed by atoms with E-state index < -0.39 is 4.92 Å². The molecule has 0 aromatic heterocycles. The molecule has 0 bridgehead atoms. The Hall–Kier alpha value is -2.40. The first-order valence-corrected chi connectivity index (χ1v) is 8.83. The van der Waals surface area contributed by atoms with E-state index in [0.29, 0.717) is 23.5 Å². The molecule has 7 heteroatoms. The third-order valence-corrected chi connectivity index (χ3v) is 4.66. The molecule has 0 saturated carbocycles. The summed E-state index contributed by atoms with van der Waals surface area (Å²) in [4.78, 5) is 25.0. The number of para-hydroxylation sites is 1. The Morgan fingerprint density at radius 3 is 2.68 bits per heavy atom. The molecule has 1 amide bonds. The minimum absolute atomic E-state index is 0.0364. The maximum absolute atomic E-state index is 13.0. The van der Waals surface area contributed by atoms with E-state index in [0.717, 1.165) is 12.0 Å². The Kier molecular flexibility index (Phi) is 5.04. The van der Waals surface area contributed by atoms with E-state index in [1.54, 1.807) is 4.90 Å². The number of rotatable bonds is 4. The predicted molar refractivity (Wildman–Crippen MR) is 91.1 cm³/mol. The van der Waals surface area contributed by atoms with Crippen LogP contribution in [0.25, 0.3) is 0 Å². The van der Waals surface area contributed by atoms with Crippen LogP contribution in [0.15, 0.2) is 42.5 Å². The number of nitro groups is 1. The number of amides is 1. The summed E-state index contributed by atoms with van der Waals surface area (Å²) in [7, 11) is 0. The number of hydrogen-bond donors (Lipinski definition) is 0. The SMILES string of the molecule is CCC1CN(C(=O)c2ccc([N+](=O)[O-])cc2)c2cccc([CH]=[Ru+])c2O1. The molecule has 1 unspecified atom stereocenters. The van der Waals surface area contributed by atoms with Crippen LogP contribution in [0.4, 0.5) is 11.4 Å². The topological polar surface area (TPSA) is 72.7 Å². The van der Waals surface area contributed by atoms with E-state index in [4.69, 9.17) is 4.74 Å². The van der Waals surface area contributed by atoms with E-state index in [9.17, 15) is 14.9 Å². The Labute approximate surface area is 154 Å². The molecular formula is C18H16N2O4Ru+. The second-order valence-corrected chi connectivity index (χ2v) is 6.17. The van der Waals surface area contributed by atoms with Crippen LogP contribution in [0.2, 0.25) is 0 Å². The number of nitro benzene ring substituents is 1. The van der Waals surface area contributed by atoms with Crippen molar-refractivity contribution >= 4 is 21.9 Å². The van der Waals surface area contributed by atoms with Crippen molar-refractivity contribution in [3.63, 3.8) is 0 Å². The van der Waals surface area contributed by atoms with Gasteiger partial charge in [-0.2, -0.15) is 0 Å². The summed E-state index contributed by atoms with van der Waals surface area (Å²) in [5, 5.41) is 10.8. The van der Waals surface area contributed by atoms with E-state index in [1.165, 1.54) is 24.3 Å². The molecule has 2 aromatic rings. The first-order valence-electron chi connectivity index (χ1n) is 7.83. The van der Waals surface area contributed by atoms with Gasteiger partial charge in [0.05, 0.1) is 0 Å². The Morgan fingerprint density at radius 1 is 1.36 bits per heavy atom. The van der Waals surface area contributed by atoms with Crippen LogP contribution >= 0.6 is 0 Å². The van der Waals surface area contributed by atoms with Crippen molar-refractivity contribution in [2.45, 2.75) is 19.4 Å². The van der Waals surface area contributed by atoms with Gasteiger partial charge in [0.2, 0.25) is 0 Å². The summed E-state index contributed by atoms with van der Waals surface area (Å²) in [5.41, 5.74) is 2.00. The number of carbonyl (C=O) groups excluding carboxylic acids is 1. The number of hydrogen-bond acceptors (Lipinski definition) is 4. The zero-order valence-electron chi connectivity index (χ0n) is 13.5. The van der Waals surface area contributed by atoms with Gasteiger partial charge in [-0.25, -0.2) is 0 Å². The van der Waals surface area contributed by atoms with Crippen molar-refractivity contribution in [2.75, 3.05) is 11.4 Å². The normalized spacial score (nSPS) is 15.9. The van der Waals surface area contributed by atoms with Gasteiger partial charge in [0.25, 0.3) is 0 Å². The first kappa shape index (κ1) is 17.4. The van der Waals surface area contributed by atoms with E-state index in [-0.39, 0.29) is 17.7 Å². The standard InChI is InChI=1S/C18H16N2O4.Ru/c1-3-15-11-19(16-6-4-5-12(2)17(16)24-15)18(21)13-7-9-14(10-8-13)20(22)23;/h2,4-10,15H,3,11H2,1H3;/q;+1. The van der Waals surface area contributed by atoms with Crippen LogP contribution in [-0.2, 0) is 17.9 Å². The van der Waals surface area contributed by atoms with Gasteiger partial charge in [0, 0.05) is 0 Å². The fourth-order valence-electron chi connectivity index (χ4n) is 2.76. The number of ether oxygens (including phenoxy) is 1. The molecule has 1 atom stereocenters. The van der Waals surface area contributed by atoms with Crippen LogP contribution in [0.5, 0.6) is 5.75 Å². The van der Waals surface area contributed by atoms with Gasteiger partial charge in [-0.15, -0.1) is 0 Å². The van der Waals surface area contributed by atoms with Gasteiger partial charge in [-0.1, -0.05) is 0 Å². The van der Waals surface area contributed by atoms with Gasteiger partial charge in [0.1, 0.15) is 0 Å². The van der Waals surface area contributed by atoms with E-state index in [1.807, 2.05) is 29.7 Å². The number of benzene rings is 2. The fraction of sp³-hybridized carbons (Fsp3) is 0.222. The predicted octanol–water partition coefficient (Wildman–Crippen LogP) is 3.11. The summed E-state index contributed by atoms with van der Waals surface area (Å²) < 4.78 is 7.92. The molecule has 1 aliphatic heterocycles. The van der Waals surface area contributed by atoms with E-state index >= 15 is 0 Å². The molecule has 0 aliphatic carbocycles. The van der Waals surface area contributed by atoms with Crippen molar-refractivity contribution in [3.05, 3.63) is 63.7 Å². The summed E-state index contributed by atoms with van der Waals surface area (Å²) in [6.07, 6.45) is 0.678. The van der Waals surface area contributed by atoms with Crippen molar-refractivity contribution in [1.29, 1.82) is 0 Å². The third kappa shape index (κ3) is 3.37. The molecule has 0 saturated heterocycles. The Bertz CT molecular complexity index is 835. The van der Waals surface area contributed by atoms with Crippen molar-refractivity contribution < 1.29 is 32.3 Å². The summed E-state index contributed by atoms with van der Waals surface area (Å²) in [6.45, 7) is 2.46. The molecule has 129 valence electrons. The molecule has 0 spiro atoms. The number of nitrogens with zero attached hydrogens (tertiary/aromatic N) is 2. The zero-order chi connectivity index (χ0) is 18.0. The van der Waals surface area contributed by atoms with Gasteiger partial charge in [0.15, 0.2) is 0 Å². The van der Waals surface area contributed by atoms with Crippen LogP contribution in [-0.4, -0.2) is 28.1 Å². The summed E-state index contributed by atoms with van der Waals surface area (Å²) in [5.74, 6) is 0.495. The Balaban J connectivity index is 2.00. The summed E-state index contributed by atoms with van der Waals surface area (Å²) in [6, 6.07) is 11.3. The van der Waals surface area contributed by atoms with Crippen LogP contribution < -0.4 is 9.64 Å². The maximum atomic E-state index is 13.0. The number of fused-ring (bicyclic) bond motifs is 1. The van der Waals surface area contributed by atoms with E-state index in [2.05, 4.69) is 17.9 Å². The molecule has 1 heterocycles. The quantitative estimate of drug-likeness (QED) is 0.429. The fourth-order valence-corrected chi connectivity index (χ4v) is 3.15. The molecule has 3 rings (SSSR count). The second-order valence-electron chi connectivity index (χ2n) is 5.67. The van der Waals surface area contributed by atoms with Crippen LogP contribution in [0, 0.1) is 10.1 Å². The molecule has 0 fully saturated rings. The first-order chi connectivity index (χ1) is 12.0. The van der Waals surface area contributed by atoms with Crippen LogP contribution in [0.3, 0.4) is 0 Å².